The minimum atomic E-state index is -1.27. The summed E-state index contributed by atoms with van der Waals surface area (Å²) < 4.78 is 25.2. The van der Waals surface area contributed by atoms with E-state index < -0.39 is 48.5 Å². The summed E-state index contributed by atoms with van der Waals surface area (Å²) >= 11 is 0. The van der Waals surface area contributed by atoms with E-state index >= 15 is 0 Å². The molecule has 124 valence electrons. The van der Waals surface area contributed by atoms with Gasteiger partial charge in [0.05, 0.1) is 6.61 Å². The van der Waals surface area contributed by atoms with Gasteiger partial charge in [-0.2, -0.15) is 0 Å². The molecule has 0 spiro atoms. The number of ether oxygens (including phenoxy) is 5. The highest BCUT2D eigenvalue weighted by atomic mass is 16.7. The third kappa shape index (κ3) is 5.32. The van der Waals surface area contributed by atoms with Crippen molar-refractivity contribution >= 4 is 23.9 Å². The number of esters is 4. The van der Waals surface area contributed by atoms with Crippen LogP contribution in [-0.4, -0.2) is 55.1 Å². The van der Waals surface area contributed by atoms with Crippen molar-refractivity contribution in [2.24, 2.45) is 0 Å². The molecule has 0 amide bonds. The van der Waals surface area contributed by atoms with Gasteiger partial charge in [0.1, 0.15) is 0 Å². The molecule has 0 bridgehead atoms. The maximum absolute atomic E-state index is 11.3. The Hall–Kier alpha value is -2.16. The zero-order chi connectivity index (χ0) is 16.9. The molecule has 1 rings (SSSR count). The summed E-state index contributed by atoms with van der Waals surface area (Å²) in [6, 6.07) is 0. The summed E-state index contributed by atoms with van der Waals surface area (Å²) in [6.45, 7) is 4.40. The van der Waals surface area contributed by atoms with E-state index in [2.05, 4.69) is 0 Å². The van der Waals surface area contributed by atoms with Crippen LogP contribution < -0.4 is 0 Å². The van der Waals surface area contributed by atoms with Gasteiger partial charge in [-0.3, -0.25) is 19.2 Å². The third-order valence-corrected chi connectivity index (χ3v) is 2.59. The first kappa shape index (κ1) is 17.9. The average Bonchev–Trinajstić information content (AvgIpc) is 2.34. The van der Waals surface area contributed by atoms with E-state index in [-0.39, 0.29) is 6.61 Å². The molecule has 0 N–H and O–H groups in total. The van der Waals surface area contributed by atoms with Crippen molar-refractivity contribution in [2.75, 3.05) is 6.61 Å². The molecule has 0 aromatic carbocycles. The van der Waals surface area contributed by atoms with Gasteiger partial charge in [-0.25, -0.2) is 0 Å². The van der Waals surface area contributed by atoms with Crippen LogP contribution in [0.15, 0.2) is 0 Å². The molecule has 4 atom stereocenters. The van der Waals surface area contributed by atoms with Gasteiger partial charge in [-0.15, -0.1) is 0 Å². The number of carbonyl (C=O) groups is 4. The first-order valence-corrected chi connectivity index (χ1v) is 6.51. The predicted octanol–water partition coefficient (Wildman–Crippen LogP) is -0.299. The quantitative estimate of drug-likeness (QED) is 0.509. The highest BCUT2D eigenvalue weighted by Gasteiger charge is 2.48. The Bertz CT molecular complexity index is 416. The molecule has 22 heavy (non-hydrogen) atoms. The lowest BCUT2D eigenvalue weighted by Gasteiger charge is -2.39. The topological polar surface area (TPSA) is 114 Å². The molecule has 1 fully saturated rings. The standard InChI is InChI=1S/C13H18O9/c1-6(14)19-10-5-18-13(22-9(4)17)12(21-8(3)16)11(10)20-7(2)15/h10-13H,5H2,1-4H3/t10?,11-,12?,13+/m0/s1. The maximum Gasteiger partial charge on any atom is 0.305 e. The van der Waals surface area contributed by atoms with Crippen LogP contribution in [0.3, 0.4) is 0 Å². The molecule has 0 saturated carbocycles. The largest absolute Gasteiger partial charge is 0.456 e. The molecule has 1 saturated heterocycles. The SMILES string of the molecule is CC(=O)OC1CO[C@H](OC(C)=O)C(OC(C)=O)[C@H]1OC(C)=O. The highest BCUT2D eigenvalue weighted by Crippen LogP contribution is 2.25. The van der Waals surface area contributed by atoms with Gasteiger partial charge >= 0.3 is 23.9 Å². The van der Waals surface area contributed by atoms with Gasteiger partial charge < -0.3 is 23.7 Å². The summed E-state index contributed by atoms with van der Waals surface area (Å²) in [5.41, 5.74) is 0. The molecule has 1 aliphatic heterocycles. The molecular weight excluding hydrogens is 300 g/mol. The fraction of sp³-hybridized carbons (Fsp3) is 0.692. The first-order valence-electron chi connectivity index (χ1n) is 6.51. The van der Waals surface area contributed by atoms with Gasteiger partial charge in [0.25, 0.3) is 0 Å². The van der Waals surface area contributed by atoms with Crippen molar-refractivity contribution in [3.05, 3.63) is 0 Å². The lowest BCUT2D eigenvalue weighted by Crippen LogP contribution is -2.58. The zero-order valence-corrected chi connectivity index (χ0v) is 12.7. The fourth-order valence-electron chi connectivity index (χ4n) is 1.97. The normalized spacial score (nSPS) is 27.5. The first-order chi connectivity index (χ1) is 10.2. The second-order valence-electron chi connectivity index (χ2n) is 4.61. The highest BCUT2D eigenvalue weighted by molar-refractivity contribution is 5.69. The summed E-state index contributed by atoms with van der Waals surface area (Å²) in [4.78, 5) is 44.7. The van der Waals surface area contributed by atoms with Gasteiger partial charge in [-0.1, -0.05) is 0 Å². The van der Waals surface area contributed by atoms with Crippen LogP contribution in [-0.2, 0) is 42.9 Å². The molecule has 0 aromatic rings. The Kier molecular flexibility index (Phi) is 6.29. The Morgan fingerprint density at radius 3 is 1.64 bits per heavy atom. The van der Waals surface area contributed by atoms with E-state index in [1.165, 1.54) is 6.92 Å². The summed E-state index contributed by atoms with van der Waals surface area (Å²) in [6.07, 6.45) is -4.65. The van der Waals surface area contributed by atoms with Crippen LogP contribution >= 0.6 is 0 Å². The van der Waals surface area contributed by atoms with Crippen LogP contribution in [0.25, 0.3) is 0 Å². The second kappa shape index (κ2) is 7.74. The minimum Gasteiger partial charge on any atom is -0.456 e. The predicted molar refractivity (Wildman–Crippen MR) is 68.2 cm³/mol. The molecule has 1 heterocycles. The Morgan fingerprint density at radius 1 is 0.727 bits per heavy atom. The molecule has 0 aromatic heterocycles. The van der Waals surface area contributed by atoms with E-state index in [1.807, 2.05) is 0 Å². The van der Waals surface area contributed by atoms with Gasteiger partial charge in [0.15, 0.2) is 12.2 Å². The van der Waals surface area contributed by atoms with Crippen LogP contribution in [0.4, 0.5) is 0 Å². The van der Waals surface area contributed by atoms with E-state index in [0.717, 1.165) is 20.8 Å². The summed E-state index contributed by atoms with van der Waals surface area (Å²) in [5, 5.41) is 0. The van der Waals surface area contributed by atoms with E-state index in [4.69, 9.17) is 23.7 Å². The van der Waals surface area contributed by atoms with Gasteiger partial charge in [0, 0.05) is 27.7 Å². The monoisotopic (exact) mass is 318 g/mol. The van der Waals surface area contributed by atoms with Crippen LogP contribution in [0, 0.1) is 0 Å². The number of hydrogen-bond donors (Lipinski definition) is 0. The van der Waals surface area contributed by atoms with Crippen molar-refractivity contribution < 1.29 is 42.9 Å². The van der Waals surface area contributed by atoms with Crippen molar-refractivity contribution in [3.8, 4) is 0 Å². The molecule has 9 heteroatoms. The fourth-order valence-corrected chi connectivity index (χ4v) is 1.97. The average molecular weight is 318 g/mol. The zero-order valence-electron chi connectivity index (χ0n) is 12.7. The smallest absolute Gasteiger partial charge is 0.305 e. The third-order valence-electron chi connectivity index (χ3n) is 2.59. The molecular formula is C13H18O9. The van der Waals surface area contributed by atoms with Crippen molar-refractivity contribution in [1.82, 2.24) is 0 Å². The lowest BCUT2D eigenvalue weighted by atomic mass is 10.0. The Labute approximate surface area is 126 Å². The van der Waals surface area contributed by atoms with Gasteiger partial charge in [0.2, 0.25) is 12.4 Å². The second-order valence-corrected chi connectivity index (χ2v) is 4.61. The molecule has 1 aliphatic rings. The number of carbonyl (C=O) groups excluding carboxylic acids is 4. The molecule has 2 unspecified atom stereocenters. The van der Waals surface area contributed by atoms with E-state index in [1.54, 1.807) is 0 Å². The summed E-state index contributed by atoms with van der Waals surface area (Å²) in [7, 11) is 0. The number of hydrogen-bond acceptors (Lipinski definition) is 9. The lowest BCUT2D eigenvalue weighted by molar-refractivity contribution is -0.273. The van der Waals surface area contributed by atoms with Crippen molar-refractivity contribution in [3.63, 3.8) is 0 Å². The van der Waals surface area contributed by atoms with E-state index in [9.17, 15) is 19.2 Å². The minimum absolute atomic E-state index is 0.187. The van der Waals surface area contributed by atoms with Crippen LogP contribution in [0.5, 0.6) is 0 Å². The maximum atomic E-state index is 11.3. The van der Waals surface area contributed by atoms with E-state index in [0.29, 0.717) is 0 Å². The Balaban J connectivity index is 3.03. The summed E-state index contributed by atoms with van der Waals surface area (Å²) in [5.74, 6) is -2.68. The van der Waals surface area contributed by atoms with Crippen LogP contribution in [0.1, 0.15) is 27.7 Å². The molecule has 0 aliphatic carbocycles. The van der Waals surface area contributed by atoms with Gasteiger partial charge in [-0.05, 0) is 0 Å². The molecule has 0 radical (unpaired) electrons. The van der Waals surface area contributed by atoms with Crippen molar-refractivity contribution in [1.29, 1.82) is 0 Å². The van der Waals surface area contributed by atoms with Crippen molar-refractivity contribution in [2.45, 2.75) is 52.3 Å². The Morgan fingerprint density at radius 2 is 1.18 bits per heavy atom. The molecule has 9 nitrogen and oxygen atoms in total. The number of rotatable bonds is 4. The van der Waals surface area contributed by atoms with Crippen LogP contribution in [0.2, 0.25) is 0 Å².